The Morgan fingerprint density at radius 3 is 2.76 bits per heavy atom. The summed E-state index contributed by atoms with van der Waals surface area (Å²) >= 11 is 3.38. The Morgan fingerprint density at radius 1 is 1.29 bits per heavy atom. The molecule has 0 aliphatic rings. The summed E-state index contributed by atoms with van der Waals surface area (Å²) in [6, 6.07) is 12.9. The molecule has 5 heteroatoms. The first-order valence-corrected chi connectivity index (χ1v) is 7.38. The summed E-state index contributed by atoms with van der Waals surface area (Å²) in [5.41, 5.74) is 8.02. The van der Waals surface area contributed by atoms with Gasteiger partial charge in [0.2, 0.25) is 0 Å². The Balaban J connectivity index is 1.83. The number of nitrogens with two attached hydrogens (primary N) is 1. The van der Waals surface area contributed by atoms with E-state index in [2.05, 4.69) is 21.2 Å². The van der Waals surface area contributed by atoms with Gasteiger partial charge in [-0.1, -0.05) is 28.1 Å². The Labute approximate surface area is 132 Å². The number of anilines is 1. The molecule has 0 saturated heterocycles. The van der Waals surface area contributed by atoms with Crippen molar-refractivity contribution in [2.45, 2.75) is 6.92 Å². The monoisotopic (exact) mass is 348 g/mol. The van der Waals surface area contributed by atoms with Crippen molar-refractivity contribution in [3.05, 3.63) is 58.1 Å². The van der Waals surface area contributed by atoms with Gasteiger partial charge in [0.25, 0.3) is 5.91 Å². The third-order valence-electron chi connectivity index (χ3n) is 2.87. The molecule has 0 unspecified atom stereocenters. The number of ether oxygens (including phenoxy) is 1. The minimum Gasteiger partial charge on any atom is -0.490 e. The van der Waals surface area contributed by atoms with Crippen LogP contribution in [0, 0.1) is 6.92 Å². The van der Waals surface area contributed by atoms with E-state index >= 15 is 0 Å². The van der Waals surface area contributed by atoms with E-state index in [0.29, 0.717) is 30.2 Å². The van der Waals surface area contributed by atoms with Crippen molar-refractivity contribution >= 4 is 27.5 Å². The van der Waals surface area contributed by atoms with Crippen molar-refractivity contribution in [3.8, 4) is 5.75 Å². The van der Waals surface area contributed by atoms with Gasteiger partial charge in [-0.15, -0.1) is 0 Å². The molecule has 3 N–H and O–H groups in total. The quantitative estimate of drug-likeness (QED) is 0.644. The fourth-order valence-electron chi connectivity index (χ4n) is 1.91. The molecule has 110 valence electrons. The van der Waals surface area contributed by atoms with Crippen molar-refractivity contribution < 1.29 is 9.53 Å². The largest absolute Gasteiger partial charge is 0.490 e. The third kappa shape index (κ3) is 4.49. The van der Waals surface area contributed by atoms with Crippen LogP contribution in [0.1, 0.15) is 15.9 Å². The molecule has 0 saturated carbocycles. The van der Waals surface area contributed by atoms with Gasteiger partial charge in [-0.3, -0.25) is 4.79 Å². The summed E-state index contributed by atoms with van der Waals surface area (Å²) in [4.78, 5) is 12.0. The lowest BCUT2D eigenvalue weighted by Crippen LogP contribution is -2.28. The average molecular weight is 349 g/mol. The summed E-state index contributed by atoms with van der Waals surface area (Å²) in [7, 11) is 0. The van der Waals surface area contributed by atoms with E-state index < -0.39 is 0 Å². The number of aryl methyl sites for hydroxylation is 1. The molecule has 1 amide bonds. The fraction of sp³-hybridized carbons (Fsp3) is 0.188. The number of para-hydroxylation sites is 2. The summed E-state index contributed by atoms with van der Waals surface area (Å²) in [6.45, 7) is 2.73. The first-order chi connectivity index (χ1) is 10.1. The van der Waals surface area contributed by atoms with E-state index in [-0.39, 0.29) is 5.91 Å². The highest BCUT2D eigenvalue weighted by Gasteiger charge is 2.06. The summed E-state index contributed by atoms with van der Waals surface area (Å²) in [5, 5.41) is 2.82. The van der Waals surface area contributed by atoms with Crippen LogP contribution in [0.2, 0.25) is 0 Å². The molecule has 2 rings (SSSR count). The molecule has 0 aromatic heterocycles. The van der Waals surface area contributed by atoms with Crippen LogP contribution in [0.25, 0.3) is 0 Å². The number of amides is 1. The normalized spacial score (nSPS) is 10.2. The van der Waals surface area contributed by atoms with Crippen molar-refractivity contribution in [1.29, 1.82) is 0 Å². The number of rotatable bonds is 5. The zero-order chi connectivity index (χ0) is 15.2. The van der Waals surface area contributed by atoms with Crippen LogP contribution in [-0.2, 0) is 0 Å². The fourth-order valence-corrected chi connectivity index (χ4v) is 2.51. The predicted molar refractivity (Wildman–Crippen MR) is 87.6 cm³/mol. The molecule has 0 heterocycles. The maximum absolute atomic E-state index is 12.0. The molecule has 2 aromatic carbocycles. The smallest absolute Gasteiger partial charge is 0.251 e. The highest BCUT2D eigenvalue weighted by molar-refractivity contribution is 9.10. The Morgan fingerprint density at radius 2 is 2.05 bits per heavy atom. The van der Waals surface area contributed by atoms with Crippen molar-refractivity contribution in [2.24, 2.45) is 0 Å². The summed E-state index contributed by atoms with van der Waals surface area (Å²) in [5.74, 6) is 0.508. The molecule has 2 aromatic rings. The van der Waals surface area contributed by atoms with E-state index in [4.69, 9.17) is 10.5 Å². The lowest BCUT2D eigenvalue weighted by atomic mass is 10.1. The second kappa shape index (κ2) is 7.13. The van der Waals surface area contributed by atoms with Gasteiger partial charge >= 0.3 is 0 Å². The van der Waals surface area contributed by atoms with Gasteiger partial charge in [-0.2, -0.15) is 0 Å². The van der Waals surface area contributed by atoms with Crippen LogP contribution in [0.15, 0.2) is 46.9 Å². The number of nitrogens with one attached hydrogen (secondary N) is 1. The Bertz CT molecular complexity index is 624. The maximum atomic E-state index is 12.0. The van der Waals surface area contributed by atoms with Crippen LogP contribution >= 0.6 is 15.9 Å². The molecule has 0 fully saturated rings. The lowest BCUT2D eigenvalue weighted by molar-refractivity contribution is 0.0947. The number of carbonyl (C=O) groups is 1. The van der Waals surface area contributed by atoms with Crippen LogP contribution in [0.3, 0.4) is 0 Å². The molecule has 0 atom stereocenters. The molecule has 21 heavy (non-hydrogen) atoms. The highest BCUT2D eigenvalue weighted by Crippen LogP contribution is 2.19. The third-order valence-corrected chi connectivity index (χ3v) is 3.33. The summed E-state index contributed by atoms with van der Waals surface area (Å²) in [6.07, 6.45) is 0. The molecule has 4 nitrogen and oxygen atoms in total. The van der Waals surface area contributed by atoms with Crippen molar-refractivity contribution in [2.75, 3.05) is 18.9 Å². The van der Waals surface area contributed by atoms with Crippen molar-refractivity contribution in [1.82, 2.24) is 5.32 Å². The topological polar surface area (TPSA) is 64.3 Å². The first kappa shape index (κ1) is 15.4. The second-order valence-corrected chi connectivity index (χ2v) is 5.58. The van der Waals surface area contributed by atoms with Crippen LogP contribution in [0.4, 0.5) is 5.69 Å². The van der Waals surface area contributed by atoms with Crippen molar-refractivity contribution in [3.63, 3.8) is 0 Å². The van der Waals surface area contributed by atoms with E-state index in [1.165, 1.54) is 0 Å². The predicted octanol–water partition coefficient (Wildman–Crippen LogP) is 3.15. The molecule has 0 spiro atoms. The number of carbonyl (C=O) groups excluding carboxylic acids is 1. The number of benzene rings is 2. The zero-order valence-electron chi connectivity index (χ0n) is 11.7. The Hall–Kier alpha value is -2.01. The standard InChI is InChI=1S/C16H17BrN2O2/c1-11-8-12(10-13(17)9-11)16(20)19-6-7-21-15-5-3-2-4-14(15)18/h2-5,8-10H,6-7,18H2,1H3,(H,19,20). The van der Waals surface area contributed by atoms with Crippen LogP contribution in [0.5, 0.6) is 5.75 Å². The van der Waals surface area contributed by atoms with E-state index in [0.717, 1.165) is 10.0 Å². The van der Waals surface area contributed by atoms with Gasteiger partial charge in [0.1, 0.15) is 12.4 Å². The molecule has 0 radical (unpaired) electrons. The van der Waals surface area contributed by atoms with Crippen LogP contribution in [-0.4, -0.2) is 19.1 Å². The van der Waals surface area contributed by atoms with Crippen LogP contribution < -0.4 is 15.8 Å². The first-order valence-electron chi connectivity index (χ1n) is 6.59. The highest BCUT2D eigenvalue weighted by atomic mass is 79.9. The van der Waals surface area contributed by atoms with E-state index in [1.807, 2.05) is 31.2 Å². The molecular weight excluding hydrogens is 332 g/mol. The molecular formula is C16H17BrN2O2. The van der Waals surface area contributed by atoms with E-state index in [9.17, 15) is 4.79 Å². The lowest BCUT2D eigenvalue weighted by Gasteiger charge is -2.10. The van der Waals surface area contributed by atoms with Gasteiger partial charge in [-0.05, 0) is 42.8 Å². The number of nitrogen functional groups attached to an aromatic ring is 1. The number of hydrogen-bond donors (Lipinski definition) is 2. The summed E-state index contributed by atoms with van der Waals surface area (Å²) < 4.78 is 6.41. The Kier molecular flexibility index (Phi) is 5.22. The van der Waals surface area contributed by atoms with Gasteiger partial charge in [0.15, 0.2) is 0 Å². The average Bonchev–Trinajstić information content (AvgIpc) is 2.44. The minimum absolute atomic E-state index is 0.121. The second-order valence-electron chi connectivity index (χ2n) is 4.66. The molecule has 0 aliphatic heterocycles. The zero-order valence-corrected chi connectivity index (χ0v) is 13.3. The minimum atomic E-state index is -0.121. The van der Waals surface area contributed by atoms with Gasteiger partial charge in [-0.25, -0.2) is 0 Å². The van der Waals surface area contributed by atoms with Gasteiger partial charge in [0, 0.05) is 10.0 Å². The van der Waals surface area contributed by atoms with E-state index in [1.54, 1.807) is 18.2 Å². The van der Waals surface area contributed by atoms with Gasteiger partial charge in [0.05, 0.1) is 12.2 Å². The number of halogens is 1. The van der Waals surface area contributed by atoms with Gasteiger partial charge < -0.3 is 15.8 Å². The molecule has 0 aliphatic carbocycles. The molecule has 0 bridgehead atoms. The SMILES string of the molecule is Cc1cc(Br)cc(C(=O)NCCOc2ccccc2N)c1. The maximum Gasteiger partial charge on any atom is 0.251 e. The number of hydrogen-bond acceptors (Lipinski definition) is 3.